The first-order valence-electron chi connectivity index (χ1n) is 6.85. The summed E-state index contributed by atoms with van der Waals surface area (Å²) in [5.74, 6) is 0. The van der Waals surface area contributed by atoms with Gasteiger partial charge in [-0.05, 0) is 78.6 Å². The molecule has 0 radical (unpaired) electrons. The minimum atomic E-state index is 0.363. The van der Waals surface area contributed by atoms with Crippen LogP contribution in [0.5, 0.6) is 0 Å². The molecular weight excluding hydrogens is 196 g/mol. The van der Waals surface area contributed by atoms with Crippen molar-refractivity contribution >= 4 is 0 Å². The van der Waals surface area contributed by atoms with Crippen molar-refractivity contribution in [1.82, 2.24) is 9.80 Å². The molecule has 2 nitrogen and oxygen atoms in total. The Balaban J connectivity index is 1.93. The molecule has 2 saturated heterocycles. The van der Waals surface area contributed by atoms with Crippen LogP contribution in [0.25, 0.3) is 0 Å². The van der Waals surface area contributed by atoms with Gasteiger partial charge in [-0.15, -0.1) is 0 Å². The lowest BCUT2D eigenvalue weighted by Gasteiger charge is -2.50. The summed E-state index contributed by atoms with van der Waals surface area (Å²) in [6.07, 6.45) is 5.70. The lowest BCUT2D eigenvalue weighted by Crippen LogP contribution is -2.52. The second-order valence-corrected chi connectivity index (χ2v) is 7.00. The fourth-order valence-electron chi connectivity index (χ4n) is 3.51. The molecule has 2 heteroatoms. The Hall–Kier alpha value is -0.0800. The van der Waals surface area contributed by atoms with Gasteiger partial charge in [0, 0.05) is 12.1 Å². The second kappa shape index (κ2) is 4.30. The van der Waals surface area contributed by atoms with E-state index in [1.807, 2.05) is 0 Å². The summed E-state index contributed by atoms with van der Waals surface area (Å²) in [7, 11) is 2.29. The Morgan fingerprint density at radius 2 is 1.56 bits per heavy atom. The van der Waals surface area contributed by atoms with Gasteiger partial charge in [0.2, 0.25) is 0 Å². The molecule has 0 aromatic rings. The molecule has 16 heavy (non-hydrogen) atoms. The van der Waals surface area contributed by atoms with Crippen molar-refractivity contribution in [2.24, 2.45) is 5.41 Å². The molecule has 94 valence electrons. The summed E-state index contributed by atoms with van der Waals surface area (Å²) in [6.45, 7) is 12.3. The number of hydrogen-bond donors (Lipinski definition) is 0. The zero-order valence-corrected chi connectivity index (χ0v) is 11.6. The maximum absolute atomic E-state index is 2.66. The van der Waals surface area contributed by atoms with Gasteiger partial charge in [0.1, 0.15) is 0 Å². The van der Waals surface area contributed by atoms with Gasteiger partial charge in [-0.25, -0.2) is 0 Å². The van der Waals surface area contributed by atoms with Crippen molar-refractivity contribution in [3.8, 4) is 0 Å². The smallest absolute Gasteiger partial charge is 0.0125 e. The first kappa shape index (κ1) is 12.4. The van der Waals surface area contributed by atoms with Crippen LogP contribution in [0, 0.1) is 5.41 Å². The molecule has 0 saturated carbocycles. The normalized spacial score (nSPS) is 28.5. The molecule has 2 heterocycles. The molecule has 2 aliphatic heterocycles. The van der Waals surface area contributed by atoms with Crippen LogP contribution in [0.2, 0.25) is 0 Å². The van der Waals surface area contributed by atoms with E-state index in [1.165, 1.54) is 51.9 Å². The van der Waals surface area contributed by atoms with Crippen molar-refractivity contribution < 1.29 is 0 Å². The Morgan fingerprint density at radius 1 is 0.938 bits per heavy atom. The summed E-state index contributed by atoms with van der Waals surface area (Å²) < 4.78 is 0. The SMILES string of the molecule is CN1CCCC2(CCN(C(C)(C)C)CC2)C1. The molecule has 0 bridgehead atoms. The summed E-state index contributed by atoms with van der Waals surface area (Å²) in [4.78, 5) is 5.20. The van der Waals surface area contributed by atoms with Crippen LogP contribution in [0.3, 0.4) is 0 Å². The summed E-state index contributed by atoms with van der Waals surface area (Å²) in [5.41, 5.74) is 1.02. The minimum absolute atomic E-state index is 0.363. The third kappa shape index (κ3) is 2.60. The summed E-state index contributed by atoms with van der Waals surface area (Å²) in [6, 6.07) is 0. The molecule has 1 spiro atoms. The van der Waals surface area contributed by atoms with Crippen LogP contribution in [0.1, 0.15) is 46.5 Å². The topological polar surface area (TPSA) is 6.48 Å². The molecule has 0 N–H and O–H groups in total. The monoisotopic (exact) mass is 224 g/mol. The summed E-state index contributed by atoms with van der Waals surface area (Å²) in [5, 5.41) is 0. The van der Waals surface area contributed by atoms with E-state index in [0.717, 1.165) is 0 Å². The molecule has 0 aromatic heterocycles. The zero-order chi connectivity index (χ0) is 11.8. The van der Waals surface area contributed by atoms with Gasteiger partial charge in [-0.1, -0.05) is 0 Å². The van der Waals surface area contributed by atoms with Crippen LogP contribution < -0.4 is 0 Å². The quantitative estimate of drug-likeness (QED) is 0.624. The van der Waals surface area contributed by atoms with Gasteiger partial charge >= 0.3 is 0 Å². The fraction of sp³-hybridized carbons (Fsp3) is 1.00. The van der Waals surface area contributed by atoms with E-state index in [1.54, 1.807) is 0 Å². The average Bonchev–Trinajstić information content (AvgIpc) is 2.16. The highest BCUT2D eigenvalue weighted by molar-refractivity contribution is 4.93. The van der Waals surface area contributed by atoms with Crippen molar-refractivity contribution in [1.29, 1.82) is 0 Å². The van der Waals surface area contributed by atoms with Crippen LogP contribution in [0.4, 0.5) is 0 Å². The van der Waals surface area contributed by atoms with Gasteiger partial charge in [-0.3, -0.25) is 4.90 Å². The molecule has 0 unspecified atom stereocenters. The van der Waals surface area contributed by atoms with E-state index >= 15 is 0 Å². The number of hydrogen-bond acceptors (Lipinski definition) is 2. The Labute approximate surface area is 101 Å². The zero-order valence-electron chi connectivity index (χ0n) is 11.6. The molecule has 0 aliphatic carbocycles. The number of rotatable bonds is 0. The highest BCUT2D eigenvalue weighted by atomic mass is 15.2. The molecule has 0 atom stereocenters. The van der Waals surface area contributed by atoms with Gasteiger partial charge in [-0.2, -0.15) is 0 Å². The highest BCUT2D eigenvalue weighted by Crippen LogP contribution is 2.40. The Bertz CT molecular complexity index is 234. The lowest BCUT2D eigenvalue weighted by molar-refractivity contribution is 0.00248. The Kier molecular flexibility index (Phi) is 3.33. The predicted molar refractivity (Wildman–Crippen MR) is 69.7 cm³/mol. The first-order valence-corrected chi connectivity index (χ1v) is 6.85. The summed E-state index contributed by atoms with van der Waals surface area (Å²) >= 11 is 0. The number of nitrogens with zero attached hydrogens (tertiary/aromatic N) is 2. The van der Waals surface area contributed by atoms with Crippen LogP contribution in [0.15, 0.2) is 0 Å². The van der Waals surface area contributed by atoms with Crippen LogP contribution in [-0.2, 0) is 0 Å². The first-order chi connectivity index (χ1) is 7.41. The second-order valence-electron chi connectivity index (χ2n) is 7.00. The minimum Gasteiger partial charge on any atom is -0.306 e. The lowest BCUT2D eigenvalue weighted by atomic mass is 9.72. The number of piperidine rings is 2. The molecular formula is C14H28N2. The molecule has 0 amide bonds. The largest absolute Gasteiger partial charge is 0.306 e. The van der Waals surface area contributed by atoms with Crippen molar-refractivity contribution in [2.45, 2.75) is 52.0 Å². The number of likely N-dealkylation sites (tertiary alicyclic amines) is 2. The van der Waals surface area contributed by atoms with Gasteiger partial charge in [0.25, 0.3) is 0 Å². The highest BCUT2D eigenvalue weighted by Gasteiger charge is 2.39. The van der Waals surface area contributed by atoms with E-state index in [2.05, 4.69) is 37.6 Å². The third-order valence-electron chi connectivity index (χ3n) is 4.63. The van der Waals surface area contributed by atoms with E-state index < -0.39 is 0 Å². The maximum Gasteiger partial charge on any atom is 0.0125 e. The van der Waals surface area contributed by atoms with Gasteiger partial charge in [0.15, 0.2) is 0 Å². The molecule has 0 aromatic carbocycles. The maximum atomic E-state index is 2.66. The van der Waals surface area contributed by atoms with E-state index in [0.29, 0.717) is 11.0 Å². The van der Waals surface area contributed by atoms with E-state index in [4.69, 9.17) is 0 Å². The van der Waals surface area contributed by atoms with E-state index in [-0.39, 0.29) is 0 Å². The fourth-order valence-corrected chi connectivity index (χ4v) is 3.51. The Morgan fingerprint density at radius 3 is 2.06 bits per heavy atom. The molecule has 2 aliphatic rings. The van der Waals surface area contributed by atoms with Crippen molar-refractivity contribution in [2.75, 3.05) is 33.2 Å². The average molecular weight is 224 g/mol. The standard InChI is InChI=1S/C14H28N2/c1-13(2,3)16-10-7-14(8-11-16)6-5-9-15(4)12-14/h5-12H2,1-4H3. The molecule has 2 fully saturated rings. The van der Waals surface area contributed by atoms with Gasteiger partial charge < -0.3 is 4.90 Å². The predicted octanol–water partition coefficient (Wildman–Crippen LogP) is 2.59. The molecule has 2 rings (SSSR count). The van der Waals surface area contributed by atoms with Crippen molar-refractivity contribution in [3.05, 3.63) is 0 Å². The van der Waals surface area contributed by atoms with Crippen LogP contribution >= 0.6 is 0 Å². The van der Waals surface area contributed by atoms with E-state index in [9.17, 15) is 0 Å². The van der Waals surface area contributed by atoms with Crippen molar-refractivity contribution in [3.63, 3.8) is 0 Å². The third-order valence-corrected chi connectivity index (χ3v) is 4.63. The van der Waals surface area contributed by atoms with Crippen LogP contribution in [-0.4, -0.2) is 48.6 Å². The van der Waals surface area contributed by atoms with Gasteiger partial charge in [0.05, 0.1) is 0 Å².